The third-order valence-corrected chi connectivity index (χ3v) is 3.32. The number of rotatable bonds is 2. The molecule has 1 heterocycles. The van der Waals surface area contributed by atoms with E-state index in [0.717, 1.165) is 38.8 Å². The summed E-state index contributed by atoms with van der Waals surface area (Å²) < 4.78 is 26.6. The Hall–Kier alpha value is -1.16. The highest BCUT2D eigenvalue weighted by Crippen LogP contribution is 2.23. The van der Waals surface area contributed by atoms with Crippen LogP contribution in [0.5, 0.6) is 0 Å². The summed E-state index contributed by atoms with van der Waals surface area (Å²) in [5.41, 5.74) is 0.792. The number of benzene rings is 1. The maximum Gasteiger partial charge on any atom is 0.149 e. The van der Waals surface area contributed by atoms with Gasteiger partial charge in [0.05, 0.1) is 5.69 Å². The summed E-state index contributed by atoms with van der Waals surface area (Å²) in [4.78, 5) is 4.39. The van der Waals surface area contributed by atoms with E-state index in [1.807, 2.05) is 4.90 Å². The summed E-state index contributed by atoms with van der Waals surface area (Å²) in [7, 11) is 0. The predicted octanol–water partition coefficient (Wildman–Crippen LogP) is 3.13. The van der Waals surface area contributed by atoms with Gasteiger partial charge in [0.25, 0.3) is 0 Å². The molecule has 1 aromatic rings. The first-order chi connectivity index (χ1) is 8.85. The van der Waals surface area contributed by atoms with Crippen LogP contribution in [0.15, 0.2) is 18.2 Å². The fraction of sp³-hybridized carbons (Fsp3) is 0.600. The van der Waals surface area contributed by atoms with Crippen LogP contribution in [0, 0.1) is 17.0 Å². The lowest BCUT2D eigenvalue weighted by Crippen LogP contribution is -2.48. The van der Waals surface area contributed by atoms with Crippen LogP contribution in [-0.4, -0.2) is 37.6 Å². The van der Waals surface area contributed by atoms with Crippen LogP contribution in [-0.2, 0) is 0 Å². The molecule has 0 amide bonds. The van der Waals surface area contributed by atoms with Crippen LogP contribution in [0.2, 0.25) is 0 Å². The van der Waals surface area contributed by atoms with Crippen LogP contribution in [0.25, 0.3) is 0 Å². The summed E-state index contributed by atoms with van der Waals surface area (Å²) in [6.07, 6.45) is 0. The maximum absolute atomic E-state index is 13.7. The Labute approximate surface area is 114 Å². The van der Waals surface area contributed by atoms with Crippen molar-refractivity contribution in [2.24, 2.45) is 5.41 Å². The summed E-state index contributed by atoms with van der Waals surface area (Å²) in [5, 5.41) is 0. The van der Waals surface area contributed by atoms with Crippen LogP contribution < -0.4 is 4.90 Å². The Morgan fingerprint density at radius 3 is 2.21 bits per heavy atom. The van der Waals surface area contributed by atoms with Crippen molar-refractivity contribution in [1.82, 2.24) is 4.90 Å². The van der Waals surface area contributed by atoms with Gasteiger partial charge in [0.15, 0.2) is 0 Å². The summed E-state index contributed by atoms with van der Waals surface area (Å²) in [6.45, 7) is 11.1. The van der Waals surface area contributed by atoms with Gasteiger partial charge in [-0.3, -0.25) is 4.90 Å². The molecule has 0 spiro atoms. The van der Waals surface area contributed by atoms with Crippen LogP contribution in [0.1, 0.15) is 20.8 Å². The molecular formula is C15H22F2N2. The summed E-state index contributed by atoms with van der Waals surface area (Å²) in [5.74, 6) is -0.989. The van der Waals surface area contributed by atoms with Crippen molar-refractivity contribution < 1.29 is 8.78 Å². The number of nitrogens with zero attached hydrogens (tertiary/aromatic N) is 2. The second-order valence-corrected chi connectivity index (χ2v) is 6.42. The summed E-state index contributed by atoms with van der Waals surface area (Å²) >= 11 is 0. The van der Waals surface area contributed by atoms with Crippen LogP contribution in [0.3, 0.4) is 0 Å². The molecule has 0 N–H and O–H groups in total. The predicted molar refractivity (Wildman–Crippen MR) is 74.5 cm³/mol. The van der Waals surface area contributed by atoms with E-state index in [-0.39, 0.29) is 5.41 Å². The number of halogens is 2. The topological polar surface area (TPSA) is 6.48 Å². The minimum absolute atomic E-state index is 0.281. The van der Waals surface area contributed by atoms with Gasteiger partial charge in [-0.25, -0.2) is 8.78 Å². The van der Waals surface area contributed by atoms with E-state index in [9.17, 15) is 8.78 Å². The number of hydrogen-bond acceptors (Lipinski definition) is 2. The molecule has 0 radical (unpaired) electrons. The monoisotopic (exact) mass is 268 g/mol. The van der Waals surface area contributed by atoms with Gasteiger partial charge in [-0.15, -0.1) is 0 Å². The van der Waals surface area contributed by atoms with E-state index >= 15 is 0 Å². The second kappa shape index (κ2) is 5.45. The number of hydrogen-bond donors (Lipinski definition) is 0. The molecule has 2 nitrogen and oxygen atoms in total. The van der Waals surface area contributed by atoms with E-state index in [2.05, 4.69) is 25.7 Å². The van der Waals surface area contributed by atoms with Crippen molar-refractivity contribution >= 4 is 5.69 Å². The Morgan fingerprint density at radius 2 is 1.68 bits per heavy atom. The Kier molecular flexibility index (Phi) is 4.09. The zero-order valence-electron chi connectivity index (χ0n) is 11.9. The average Bonchev–Trinajstić information content (AvgIpc) is 2.28. The molecule has 1 saturated heterocycles. The van der Waals surface area contributed by atoms with Crippen molar-refractivity contribution in [3.8, 4) is 0 Å². The van der Waals surface area contributed by atoms with E-state index in [1.165, 1.54) is 12.1 Å². The fourth-order valence-corrected chi connectivity index (χ4v) is 2.56. The SMILES string of the molecule is CC(C)(C)CN1CCN(c2ccc(F)cc2F)CC1. The highest BCUT2D eigenvalue weighted by molar-refractivity contribution is 5.48. The van der Waals surface area contributed by atoms with Crippen molar-refractivity contribution in [3.63, 3.8) is 0 Å². The molecule has 4 heteroatoms. The normalized spacial score (nSPS) is 17.8. The van der Waals surface area contributed by atoms with Gasteiger partial charge >= 0.3 is 0 Å². The fourth-order valence-electron chi connectivity index (χ4n) is 2.56. The standard InChI is InChI=1S/C15H22F2N2/c1-15(2,3)11-18-6-8-19(9-7-18)14-5-4-12(16)10-13(14)17/h4-5,10H,6-9,11H2,1-3H3. The average molecular weight is 268 g/mol. The quantitative estimate of drug-likeness (QED) is 0.813. The highest BCUT2D eigenvalue weighted by Gasteiger charge is 2.22. The van der Waals surface area contributed by atoms with Crippen molar-refractivity contribution in [3.05, 3.63) is 29.8 Å². The maximum atomic E-state index is 13.7. The Balaban J connectivity index is 1.96. The molecule has 106 valence electrons. The van der Waals surface area contributed by atoms with Gasteiger partial charge in [-0.2, -0.15) is 0 Å². The second-order valence-electron chi connectivity index (χ2n) is 6.42. The first-order valence-corrected chi connectivity index (χ1v) is 6.77. The lowest BCUT2D eigenvalue weighted by atomic mass is 9.96. The molecule has 0 saturated carbocycles. The first-order valence-electron chi connectivity index (χ1n) is 6.77. The van der Waals surface area contributed by atoms with Crippen LogP contribution >= 0.6 is 0 Å². The molecular weight excluding hydrogens is 246 g/mol. The molecule has 0 bridgehead atoms. The molecule has 1 aliphatic heterocycles. The zero-order valence-corrected chi connectivity index (χ0v) is 11.9. The molecule has 0 unspecified atom stereocenters. The first kappa shape index (κ1) is 14.3. The van der Waals surface area contributed by atoms with Gasteiger partial charge in [0.1, 0.15) is 11.6 Å². The minimum Gasteiger partial charge on any atom is -0.367 e. The Bertz CT molecular complexity index is 432. The van der Waals surface area contributed by atoms with E-state index in [1.54, 1.807) is 0 Å². The van der Waals surface area contributed by atoms with Gasteiger partial charge in [0, 0.05) is 38.8 Å². The molecule has 0 aromatic heterocycles. The third kappa shape index (κ3) is 3.90. The largest absolute Gasteiger partial charge is 0.367 e. The zero-order chi connectivity index (χ0) is 14.0. The molecule has 1 fully saturated rings. The van der Waals surface area contributed by atoms with E-state index in [4.69, 9.17) is 0 Å². The number of piperazine rings is 1. The minimum atomic E-state index is -0.521. The van der Waals surface area contributed by atoms with E-state index in [0.29, 0.717) is 5.69 Å². The molecule has 2 rings (SSSR count). The van der Waals surface area contributed by atoms with Gasteiger partial charge in [-0.1, -0.05) is 20.8 Å². The van der Waals surface area contributed by atoms with Crippen LogP contribution in [0.4, 0.5) is 14.5 Å². The molecule has 19 heavy (non-hydrogen) atoms. The highest BCUT2D eigenvalue weighted by atomic mass is 19.1. The molecule has 1 aliphatic rings. The van der Waals surface area contributed by atoms with E-state index < -0.39 is 11.6 Å². The van der Waals surface area contributed by atoms with Crippen molar-refractivity contribution in [2.45, 2.75) is 20.8 Å². The van der Waals surface area contributed by atoms with Crippen molar-refractivity contribution in [1.29, 1.82) is 0 Å². The van der Waals surface area contributed by atoms with Crippen molar-refractivity contribution in [2.75, 3.05) is 37.6 Å². The lowest BCUT2D eigenvalue weighted by Gasteiger charge is -2.38. The van der Waals surface area contributed by atoms with Gasteiger partial charge < -0.3 is 4.90 Å². The lowest BCUT2D eigenvalue weighted by molar-refractivity contribution is 0.182. The van der Waals surface area contributed by atoms with Gasteiger partial charge in [-0.05, 0) is 17.5 Å². The Morgan fingerprint density at radius 1 is 1.05 bits per heavy atom. The molecule has 0 aliphatic carbocycles. The number of anilines is 1. The molecule has 0 atom stereocenters. The summed E-state index contributed by atoms with van der Waals surface area (Å²) in [6, 6.07) is 3.81. The smallest absolute Gasteiger partial charge is 0.149 e. The van der Waals surface area contributed by atoms with Gasteiger partial charge in [0.2, 0.25) is 0 Å². The third-order valence-electron chi connectivity index (χ3n) is 3.32. The molecule has 1 aromatic carbocycles.